The highest BCUT2D eigenvalue weighted by molar-refractivity contribution is 5.84. The molecule has 0 bridgehead atoms. The van der Waals surface area contributed by atoms with Gasteiger partial charge in [-0.3, -0.25) is 4.79 Å². The summed E-state index contributed by atoms with van der Waals surface area (Å²) in [5, 5.41) is 16.1. The molecule has 1 aromatic heterocycles. The van der Waals surface area contributed by atoms with Gasteiger partial charge in [-0.05, 0) is 37.5 Å². The highest BCUT2D eigenvalue weighted by atomic mass is 16.4. The summed E-state index contributed by atoms with van der Waals surface area (Å²) < 4.78 is 1.31. The Morgan fingerprint density at radius 1 is 1.09 bits per heavy atom. The first-order valence-electron chi connectivity index (χ1n) is 8.49. The fourth-order valence-corrected chi connectivity index (χ4v) is 4.02. The van der Waals surface area contributed by atoms with Gasteiger partial charge in [0.25, 0.3) is 0 Å². The van der Waals surface area contributed by atoms with Crippen molar-refractivity contribution in [2.75, 3.05) is 13.1 Å². The SMILES string of the molecule is O=C(O)c1cn(CC(=O)N2CCCC3(CCCCC3)CC2)nn1. The standard InChI is InChI=1S/C16H24N4O3/c21-14(12-20-11-13(15(22)23)17-18-20)19-9-4-7-16(8-10-19)5-2-1-3-6-16/h11H,1-10,12H2,(H,22,23). The number of likely N-dealkylation sites (tertiary alicyclic amines) is 1. The third kappa shape index (κ3) is 3.71. The highest BCUT2D eigenvalue weighted by Crippen LogP contribution is 2.44. The molecular formula is C16H24N4O3. The molecular weight excluding hydrogens is 296 g/mol. The maximum absolute atomic E-state index is 12.5. The van der Waals surface area contributed by atoms with E-state index in [9.17, 15) is 9.59 Å². The summed E-state index contributed by atoms with van der Waals surface area (Å²) in [6.45, 7) is 1.66. The number of carboxylic acids is 1. The van der Waals surface area contributed by atoms with Crippen LogP contribution in [0.2, 0.25) is 0 Å². The number of hydrogen-bond donors (Lipinski definition) is 1. The quantitative estimate of drug-likeness (QED) is 0.919. The minimum absolute atomic E-state index is 0.000279. The van der Waals surface area contributed by atoms with Crippen molar-refractivity contribution in [1.29, 1.82) is 0 Å². The van der Waals surface area contributed by atoms with Crippen LogP contribution in [0.15, 0.2) is 6.20 Å². The summed E-state index contributed by atoms with van der Waals surface area (Å²) in [7, 11) is 0. The Labute approximate surface area is 135 Å². The van der Waals surface area contributed by atoms with Gasteiger partial charge < -0.3 is 10.0 Å². The zero-order valence-electron chi connectivity index (χ0n) is 13.4. The lowest BCUT2D eigenvalue weighted by Gasteiger charge is -2.36. The van der Waals surface area contributed by atoms with Crippen molar-refractivity contribution in [2.45, 2.75) is 57.9 Å². The third-order valence-corrected chi connectivity index (χ3v) is 5.37. The summed E-state index contributed by atoms with van der Waals surface area (Å²) in [4.78, 5) is 25.2. The van der Waals surface area contributed by atoms with Crippen LogP contribution in [-0.4, -0.2) is 50.0 Å². The smallest absolute Gasteiger partial charge is 0.358 e. The monoisotopic (exact) mass is 320 g/mol. The maximum Gasteiger partial charge on any atom is 0.358 e. The van der Waals surface area contributed by atoms with Gasteiger partial charge in [0.1, 0.15) is 6.54 Å². The molecule has 7 nitrogen and oxygen atoms in total. The van der Waals surface area contributed by atoms with Crippen LogP contribution in [0.1, 0.15) is 61.9 Å². The Kier molecular flexibility index (Phi) is 4.63. The predicted octanol–water partition coefficient (Wildman–Crippen LogP) is 1.94. The Bertz CT molecular complexity index is 578. The molecule has 23 heavy (non-hydrogen) atoms. The fraction of sp³-hybridized carbons (Fsp3) is 0.750. The molecule has 1 aliphatic heterocycles. The highest BCUT2D eigenvalue weighted by Gasteiger charge is 2.34. The molecule has 2 heterocycles. The predicted molar refractivity (Wildman–Crippen MR) is 82.9 cm³/mol. The van der Waals surface area contributed by atoms with Crippen molar-refractivity contribution < 1.29 is 14.7 Å². The molecule has 1 saturated carbocycles. The van der Waals surface area contributed by atoms with Gasteiger partial charge in [-0.2, -0.15) is 0 Å². The zero-order valence-corrected chi connectivity index (χ0v) is 13.4. The molecule has 3 rings (SSSR count). The van der Waals surface area contributed by atoms with E-state index in [0.29, 0.717) is 5.41 Å². The fourth-order valence-electron chi connectivity index (χ4n) is 4.02. The van der Waals surface area contributed by atoms with E-state index in [1.807, 2.05) is 4.90 Å². The van der Waals surface area contributed by atoms with E-state index in [4.69, 9.17) is 5.11 Å². The number of nitrogens with zero attached hydrogens (tertiary/aromatic N) is 4. The van der Waals surface area contributed by atoms with Crippen LogP contribution < -0.4 is 0 Å². The van der Waals surface area contributed by atoms with E-state index >= 15 is 0 Å². The number of aromatic nitrogens is 3. The van der Waals surface area contributed by atoms with E-state index in [-0.39, 0.29) is 18.1 Å². The van der Waals surface area contributed by atoms with Crippen molar-refractivity contribution in [2.24, 2.45) is 5.41 Å². The second kappa shape index (κ2) is 6.68. The lowest BCUT2D eigenvalue weighted by Crippen LogP contribution is -2.35. The Morgan fingerprint density at radius 2 is 1.83 bits per heavy atom. The van der Waals surface area contributed by atoms with Crippen molar-refractivity contribution in [1.82, 2.24) is 19.9 Å². The minimum Gasteiger partial charge on any atom is -0.476 e. The van der Waals surface area contributed by atoms with Gasteiger partial charge in [0.05, 0.1) is 6.20 Å². The van der Waals surface area contributed by atoms with Gasteiger partial charge in [-0.15, -0.1) is 5.10 Å². The first-order valence-corrected chi connectivity index (χ1v) is 8.49. The summed E-state index contributed by atoms with van der Waals surface area (Å²) >= 11 is 0. The van der Waals surface area contributed by atoms with E-state index in [0.717, 1.165) is 25.9 Å². The third-order valence-electron chi connectivity index (χ3n) is 5.37. The van der Waals surface area contributed by atoms with Crippen LogP contribution >= 0.6 is 0 Å². The van der Waals surface area contributed by atoms with Crippen molar-refractivity contribution >= 4 is 11.9 Å². The first-order chi connectivity index (χ1) is 11.1. The molecule has 0 aromatic carbocycles. The average Bonchev–Trinajstić information content (AvgIpc) is 2.91. The van der Waals surface area contributed by atoms with E-state index in [2.05, 4.69) is 10.3 Å². The Hall–Kier alpha value is -1.92. The first kappa shape index (κ1) is 16.0. The molecule has 1 aliphatic carbocycles. The molecule has 126 valence electrons. The second-order valence-corrected chi connectivity index (χ2v) is 6.90. The van der Waals surface area contributed by atoms with E-state index in [1.165, 1.54) is 49.4 Å². The van der Waals surface area contributed by atoms with Crippen LogP contribution in [-0.2, 0) is 11.3 Å². The molecule has 1 N–H and O–H groups in total. The second-order valence-electron chi connectivity index (χ2n) is 6.90. The molecule has 0 radical (unpaired) electrons. The molecule has 0 unspecified atom stereocenters. The molecule has 7 heteroatoms. The lowest BCUT2D eigenvalue weighted by atomic mass is 9.69. The van der Waals surface area contributed by atoms with Gasteiger partial charge in [-0.25, -0.2) is 9.48 Å². The molecule has 1 spiro atoms. The van der Waals surface area contributed by atoms with Crippen LogP contribution in [0.3, 0.4) is 0 Å². The maximum atomic E-state index is 12.5. The zero-order chi connectivity index (χ0) is 16.3. The van der Waals surface area contributed by atoms with Gasteiger partial charge in [0, 0.05) is 13.1 Å². The van der Waals surface area contributed by atoms with E-state index in [1.54, 1.807) is 0 Å². The van der Waals surface area contributed by atoms with Gasteiger partial charge in [0.15, 0.2) is 5.69 Å². The van der Waals surface area contributed by atoms with Crippen molar-refractivity contribution in [3.63, 3.8) is 0 Å². The van der Waals surface area contributed by atoms with Crippen LogP contribution in [0.4, 0.5) is 0 Å². The summed E-state index contributed by atoms with van der Waals surface area (Å²) in [6.07, 6.45) is 11.3. The Balaban J connectivity index is 1.58. The number of carboxylic acid groups (broad SMARTS) is 1. The van der Waals surface area contributed by atoms with Crippen molar-refractivity contribution in [3.8, 4) is 0 Å². The molecule has 1 amide bonds. The number of carbonyl (C=O) groups is 2. The summed E-state index contributed by atoms with van der Waals surface area (Å²) in [5.41, 5.74) is 0.326. The summed E-state index contributed by atoms with van der Waals surface area (Å²) in [6, 6.07) is 0. The summed E-state index contributed by atoms with van der Waals surface area (Å²) in [5.74, 6) is -1.13. The van der Waals surface area contributed by atoms with E-state index < -0.39 is 5.97 Å². The lowest BCUT2D eigenvalue weighted by molar-refractivity contribution is -0.132. The minimum atomic E-state index is -1.13. The molecule has 0 atom stereocenters. The topological polar surface area (TPSA) is 88.3 Å². The van der Waals surface area contributed by atoms with Gasteiger partial charge >= 0.3 is 5.97 Å². The molecule has 2 fully saturated rings. The number of amides is 1. The number of carbonyl (C=O) groups excluding carboxylic acids is 1. The average molecular weight is 320 g/mol. The normalized spacial score (nSPS) is 21.1. The van der Waals surface area contributed by atoms with Gasteiger partial charge in [0.2, 0.25) is 5.91 Å². The number of rotatable bonds is 3. The molecule has 1 saturated heterocycles. The number of hydrogen-bond acceptors (Lipinski definition) is 4. The molecule has 2 aliphatic rings. The van der Waals surface area contributed by atoms with Crippen LogP contribution in [0.25, 0.3) is 0 Å². The van der Waals surface area contributed by atoms with Crippen LogP contribution in [0, 0.1) is 5.41 Å². The van der Waals surface area contributed by atoms with Crippen LogP contribution in [0.5, 0.6) is 0 Å². The molecule has 1 aromatic rings. The van der Waals surface area contributed by atoms with Gasteiger partial charge in [-0.1, -0.05) is 24.5 Å². The van der Waals surface area contributed by atoms with Crippen molar-refractivity contribution in [3.05, 3.63) is 11.9 Å². The number of aromatic carboxylic acids is 1. The Morgan fingerprint density at radius 3 is 2.52 bits per heavy atom. The largest absolute Gasteiger partial charge is 0.476 e.